The number of hydrogen-bond donors (Lipinski definition) is 1. The van der Waals surface area contributed by atoms with Crippen LogP contribution in [0.2, 0.25) is 0 Å². The molecule has 4 rings (SSSR count). The van der Waals surface area contributed by atoms with Gasteiger partial charge in [-0.05, 0) is 53.6 Å². The first-order valence-corrected chi connectivity index (χ1v) is 9.57. The molecule has 2 aromatic carbocycles. The number of carbonyl (C=O) groups excluding carboxylic acids is 2. The van der Waals surface area contributed by atoms with E-state index >= 15 is 0 Å². The fraction of sp³-hybridized carbons (Fsp3) is 0.125. The molecule has 6 nitrogen and oxygen atoms in total. The van der Waals surface area contributed by atoms with Crippen LogP contribution in [0.5, 0.6) is 5.75 Å². The number of halogens is 1. The average Bonchev–Trinajstić information content (AvgIpc) is 3.05. The zero-order valence-electron chi connectivity index (χ0n) is 16.7. The number of ketones is 1. The summed E-state index contributed by atoms with van der Waals surface area (Å²) in [6.07, 6.45) is 3.23. The fourth-order valence-electron chi connectivity index (χ4n) is 3.63. The summed E-state index contributed by atoms with van der Waals surface area (Å²) in [6.45, 7) is 0.134. The van der Waals surface area contributed by atoms with Gasteiger partial charge in [0.05, 0.1) is 18.7 Å². The molecule has 1 saturated heterocycles. The number of Topliss-reactive ketones (excluding diaryl/α,β-unsaturated/α-hetero) is 1. The van der Waals surface area contributed by atoms with E-state index in [1.54, 1.807) is 48.8 Å². The van der Waals surface area contributed by atoms with E-state index in [1.807, 2.05) is 0 Å². The highest BCUT2D eigenvalue weighted by Crippen LogP contribution is 2.40. The summed E-state index contributed by atoms with van der Waals surface area (Å²) in [7, 11) is 1.54. The van der Waals surface area contributed by atoms with Crippen LogP contribution in [-0.4, -0.2) is 33.8 Å². The summed E-state index contributed by atoms with van der Waals surface area (Å²) >= 11 is 0. The molecule has 2 heterocycles. The number of rotatable bonds is 5. The highest BCUT2D eigenvalue weighted by atomic mass is 19.1. The number of amides is 1. The Morgan fingerprint density at radius 3 is 2.42 bits per heavy atom. The molecule has 31 heavy (non-hydrogen) atoms. The summed E-state index contributed by atoms with van der Waals surface area (Å²) in [6, 6.07) is 14.7. The van der Waals surface area contributed by atoms with E-state index in [2.05, 4.69) is 4.98 Å². The van der Waals surface area contributed by atoms with Crippen LogP contribution in [0.15, 0.2) is 78.6 Å². The Labute approximate surface area is 178 Å². The molecule has 7 heteroatoms. The predicted molar refractivity (Wildman–Crippen MR) is 111 cm³/mol. The van der Waals surface area contributed by atoms with Gasteiger partial charge in [0, 0.05) is 24.5 Å². The maximum absolute atomic E-state index is 13.3. The van der Waals surface area contributed by atoms with Gasteiger partial charge in [-0.3, -0.25) is 14.6 Å². The second-order valence-corrected chi connectivity index (χ2v) is 7.07. The quantitative estimate of drug-likeness (QED) is 0.387. The summed E-state index contributed by atoms with van der Waals surface area (Å²) < 4.78 is 18.5. The second kappa shape index (κ2) is 8.39. The molecule has 3 aromatic rings. The molecule has 1 fully saturated rings. The lowest BCUT2D eigenvalue weighted by molar-refractivity contribution is -0.140. The second-order valence-electron chi connectivity index (χ2n) is 7.07. The minimum absolute atomic E-state index is 0.0503. The van der Waals surface area contributed by atoms with Gasteiger partial charge in [-0.1, -0.05) is 18.2 Å². The molecule has 0 bridgehead atoms. The molecule has 0 aliphatic carbocycles. The van der Waals surface area contributed by atoms with Crippen molar-refractivity contribution in [3.63, 3.8) is 0 Å². The number of carbonyl (C=O) groups is 2. The first-order chi connectivity index (χ1) is 15.0. The smallest absolute Gasteiger partial charge is 0.295 e. The van der Waals surface area contributed by atoms with Gasteiger partial charge in [0.15, 0.2) is 0 Å². The molecular weight excluding hydrogens is 399 g/mol. The zero-order valence-corrected chi connectivity index (χ0v) is 16.7. The molecule has 156 valence electrons. The molecule has 1 N–H and O–H groups in total. The number of pyridine rings is 1. The summed E-state index contributed by atoms with van der Waals surface area (Å²) in [4.78, 5) is 31.4. The summed E-state index contributed by atoms with van der Waals surface area (Å²) in [5, 5.41) is 10.9. The van der Waals surface area contributed by atoms with Crippen molar-refractivity contribution in [2.24, 2.45) is 0 Å². The van der Waals surface area contributed by atoms with Crippen molar-refractivity contribution < 1.29 is 23.8 Å². The fourth-order valence-corrected chi connectivity index (χ4v) is 3.63. The Hall–Kier alpha value is -4.00. The third-order valence-electron chi connectivity index (χ3n) is 5.16. The van der Waals surface area contributed by atoms with Gasteiger partial charge in [-0.2, -0.15) is 0 Å². The predicted octanol–water partition coefficient (Wildman–Crippen LogP) is 3.85. The monoisotopic (exact) mass is 418 g/mol. The number of aliphatic hydroxyl groups is 1. The van der Waals surface area contributed by atoms with Crippen molar-refractivity contribution >= 4 is 17.4 Å². The summed E-state index contributed by atoms with van der Waals surface area (Å²) in [5.74, 6) is -1.74. The van der Waals surface area contributed by atoms with E-state index < -0.39 is 23.5 Å². The van der Waals surface area contributed by atoms with E-state index in [0.29, 0.717) is 11.3 Å². The summed E-state index contributed by atoms with van der Waals surface area (Å²) in [5.41, 5.74) is 1.57. The van der Waals surface area contributed by atoms with Crippen LogP contribution in [0.4, 0.5) is 4.39 Å². The zero-order chi connectivity index (χ0) is 22.0. The first kappa shape index (κ1) is 20.3. The van der Waals surface area contributed by atoms with Gasteiger partial charge in [0.25, 0.3) is 11.7 Å². The van der Waals surface area contributed by atoms with E-state index in [9.17, 15) is 19.1 Å². The van der Waals surface area contributed by atoms with E-state index in [4.69, 9.17) is 4.74 Å². The molecule has 0 radical (unpaired) electrons. The molecule has 1 aliphatic heterocycles. The minimum atomic E-state index is -0.823. The number of hydrogen-bond acceptors (Lipinski definition) is 5. The Kier molecular flexibility index (Phi) is 5.49. The highest BCUT2D eigenvalue weighted by molar-refractivity contribution is 6.46. The van der Waals surface area contributed by atoms with Gasteiger partial charge < -0.3 is 14.7 Å². The van der Waals surface area contributed by atoms with Gasteiger partial charge in [0.2, 0.25) is 0 Å². The first-order valence-electron chi connectivity index (χ1n) is 9.57. The van der Waals surface area contributed by atoms with Crippen molar-refractivity contribution in [1.82, 2.24) is 9.88 Å². The van der Waals surface area contributed by atoms with Gasteiger partial charge in [0.1, 0.15) is 17.3 Å². The van der Waals surface area contributed by atoms with Crippen LogP contribution in [0, 0.1) is 5.82 Å². The van der Waals surface area contributed by atoms with Crippen LogP contribution >= 0.6 is 0 Å². The Morgan fingerprint density at radius 2 is 1.81 bits per heavy atom. The highest BCUT2D eigenvalue weighted by Gasteiger charge is 2.46. The molecule has 1 aliphatic rings. The standard InChI is InChI=1S/C24H19FN2O4/c1-31-19-10-6-16(7-11-19)21-20(22(28)17-4-8-18(25)9-5-17)23(29)24(30)27(21)14-15-3-2-12-26-13-15/h2-13,21,28H,14H2,1H3/b22-20+/t21-/m1/s1. The Bertz CT molecular complexity index is 1140. The SMILES string of the molecule is COc1ccc([C@@H]2/C(=C(\O)c3ccc(F)cc3)C(=O)C(=O)N2Cc2cccnc2)cc1. The van der Waals surface area contributed by atoms with Crippen molar-refractivity contribution in [1.29, 1.82) is 0 Å². The number of benzene rings is 2. The van der Waals surface area contributed by atoms with Gasteiger partial charge in [-0.25, -0.2) is 4.39 Å². The number of nitrogens with zero attached hydrogens (tertiary/aromatic N) is 2. The lowest BCUT2D eigenvalue weighted by Gasteiger charge is -2.25. The lowest BCUT2D eigenvalue weighted by atomic mass is 9.95. The molecule has 0 spiro atoms. The molecule has 0 unspecified atom stereocenters. The van der Waals surface area contributed by atoms with Crippen LogP contribution in [-0.2, 0) is 16.1 Å². The van der Waals surface area contributed by atoms with Gasteiger partial charge in [-0.15, -0.1) is 0 Å². The van der Waals surface area contributed by atoms with Crippen LogP contribution in [0.3, 0.4) is 0 Å². The topological polar surface area (TPSA) is 79.7 Å². The Balaban J connectivity index is 1.85. The molecule has 1 aromatic heterocycles. The maximum atomic E-state index is 13.3. The van der Waals surface area contributed by atoms with E-state index in [0.717, 1.165) is 5.56 Å². The van der Waals surface area contributed by atoms with E-state index in [-0.39, 0.29) is 23.4 Å². The number of likely N-dealkylation sites (tertiary alicyclic amines) is 1. The number of aromatic nitrogens is 1. The molecule has 0 saturated carbocycles. The number of aliphatic hydroxyl groups excluding tert-OH is 1. The van der Waals surface area contributed by atoms with E-state index in [1.165, 1.54) is 36.3 Å². The third-order valence-corrected chi connectivity index (χ3v) is 5.16. The largest absolute Gasteiger partial charge is 0.507 e. The Morgan fingerprint density at radius 1 is 1.10 bits per heavy atom. The van der Waals surface area contributed by atoms with Crippen LogP contribution in [0.1, 0.15) is 22.7 Å². The number of ether oxygens (including phenoxy) is 1. The average molecular weight is 418 g/mol. The molecule has 1 atom stereocenters. The molecule has 1 amide bonds. The van der Waals surface area contributed by atoms with Crippen LogP contribution < -0.4 is 4.74 Å². The maximum Gasteiger partial charge on any atom is 0.295 e. The minimum Gasteiger partial charge on any atom is -0.507 e. The van der Waals surface area contributed by atoms with Crippen molar-refractivity contribution in [2.45, 2.75) is 12.6 Å². The van der Waals surface area contributed by atoms with Crippen molar-refractivity contribution in [3.8, 4) is 5.75 Å². The number of methoxy groups -OCH3 is 1. The lowest BCUT2D eigenvalue weighted by Crippen LogP contribution is -2.29. The van der Waals surface area contributed by atoms with Crippen molar-refractivity contribution in [3.05, 3.63) is 101 Å². The molecular formula is C24H19FN2O4. The third kappa shape index (κ3) is 3.90. The van der Waals surface area contributed by atoms with Gasteiger partial charge >= 0.3 is 0 Å². The normalized spacial score (nSPS) is 17.7. The van der Waals surface area contributed by atoms with Crippen molar-refractivity contribution in [2.75, 3.05) is 7.11 Å². The van der Waals surface area contributed by atoms with Crippen LogP contribution in [0.25, 0.3) is 5.76 Å².